The molecule has 1 saturated heterocycles. The van der Waals surface area contributed by atoms with Gasteiger partial charge in [-0.25, -0.2) is 4.79 Å². The highest BCUT2D eigenvalue weighted by atomic mass is 16.4. The molecule has 1 aliphatic rings. The van der Waals surface area contributed by atoms with Crippen LogP contribution in [0.3, 0.4) is 0 Å². The summed E-state index contributed by atoms with van der Waals surface area (Å²) in [6.07, 6.45) is 2.05. The zero-order chi connectivity index (χ0) is 10.6. The van der Waals surface area contributed by atoms with Gasteiger partial charge in [0.15, 0.2) is 0 Å². The molecule has 0 spiro atoms. The number of rotatable bonds is 3. The van der Waals surface area contributed by atoms with Gasteiger partial charge in [-0.3, -0.25) is 4.79 Å². The van der Waals surface area contributed by atoms with E-state index in [2.05, 4.69) is 5.32 Å². The first-order valence-electron chi connectivity index (χ1n) is 4.87. The number of hydrogen-bond acceptors (Lipinski definition) is 2. The maximum absolute atomic E-state index is 11.5. The number of carbonyl (C=O) groups is 2. The van der Waals surface area contributed by atoms with Crippen LogP contribution >= 0.6 is 0 Å². The maximum atomic E-state index is 11.5. The quantitative estimate of drug-likeness (QED) is 0.703. The Morgan fingerprint density at radius 3 is 2.79 bits per heavy atom. The van der Waals surface area contributed by atoms with E-state index < -0.39 is 5.97 Å². The number of nitrogens with zero attached hydrogens (tertiary/aromatic N) is 1. The van der Waals surface area contributed by atoms with Crippen LogP contribution in [0, 0.1) is 0 Å². The first-order valence-corrected chi connectivity index (χ1v) is 4.87. The minimum absolute atomic E-state index is 0.0199. The van der Waals surface area contributed by atoms with Crippen LogP contribution in [0.15, 0.2) is 0 Å². The Balaban J connectivity index is 2.24. The van der Waals surface area contributed by atoms with Crippen molar-refractivity contribution in [3.8, 4) is 0 Å². The summed E-state index contributed by atoms with van der Waals surface area (Å²) < 4.78 is 0. The van der Waals surface area contributed by atoms with E-state index in [4.69, 9.17) is 5.11 Å². The topological polar surface area (TPSA) is 69.6 Å². The third-order valence-electron chi connectivity index (χ3n) is 2.43. The van der Waals surface area contributed by atoms with Crippen molar-refractivity contribution in [1.82, 2.24) is 10.2 Å². The van der Waals surface area contributed by atoms with E-state index in [1.807, 2.05) is 6.92 Å². The highest BCUT2D eigenvalue weighted by Gasteiger charge is 2.24. The highest BCUT2D eigenvalue weighted by molar-refractivity contribution is 5.75. The second kappa shape index (κ2) is 4.83. The molecule has 1 heterocycles. The molecule has 0 aromatic heterocycles. The van der Waals surface area contributed by atoms with E-state index in [1.165, 1.54) is 0 Å². The van der Waals surface area contributed by atoms with E-state index in [9.17, 15) is 9.59 Å². The number of nitrogens with one attached hydrogen (secondary N) is 1. The molecule has 1 aliphatic heterocycles. The van der Waals surface area contributed by atoms with Crippen LogP contribution in [0.4, 0.5) is 4.79 Å². The van der Waals surface area contributed by atoms with Crippen LogP contribution in [-0.2, 0) is 4.79 Å². The minimum Gasteiger partial charge on any atom is -0.481 e. The van der Waals surface area contributed by atoms with Crippen LogP contribution in [0.25, 0.3) is 0 Å². The van der Waals surface area contributed by atoms with E-state index >= 15 is 0 Å². The van der Waals surface area contributed by atoms with Gasteiger partial charge in [-0.05, 0) is 19.8 Å². The van der Waals surface area contributed by atoms with Crippen molar-refractivity contribution in [2.75, 3.05) is 13.1 Å². The fraction of sp³-hybridized carbons (Fsp3) is 0.778. The van der Waals surface area contributed by atoms with Crippen LogP contribution in [-0.4, -0.2) is 41.1 Å². The molecular formula is C9H16N2O3. The Morgan fingerprint density at radius 1 is 1.57 bits per heavy atom. The molecule has 0 aromatic carbocycles. The molecule has 1 atom stereocenters. The molecule has 2 N–H and O–H groups in total. The van der Waals surface area contributed by atoms with Crippen molar-refractivity contribution in [2.24, 2.45) is 0 Å². The molecule has 5 nitrogen and oxygen atoms in total. The van der Waals surface area contributed by atoms with E-state index in [1.54, 1.807) is 4.90 Å². The van der Waals surface area contributed by atoms with Gasteiger partial charge >= 0.3 is 12.0 Å². The molecule has 0 bridgehead atoms. The van der Waals surface area contributed by atoms with E-state index in [-0.39, 0.29) is 25.0 Å². The van der Waals surface area contributed by atoms with E-state index in [0.717, 1.165) is 19.4 Å². The van der Waals surface area contributed by atoms with Crippen LogP contribution in [0.2, 0.25) is 0 Å². The third kappa shape index (κ3) is 2.90. The molecule has 0 aliphatic carbocycles. The average Bonchev–Trinajstić information content (AvgIpc) is 2.50. The molecule has 5 heteroatoms. The van der Waals surface area contributed by atoms with Crippen molar-refractivity contribution in [1.29, 1.82) is 0 Å². The lowest BCUT2D eigenvalue weighted by molar-refractivity contribution is -0.136. The Morgan fingerprint density at radius 2 is 2.29 bits per heavy atom. The summed E-state index contributed by atoms with van der Waals surface area (Å²) in [6, 6.07) is 0.135. The predicted octanol–water partition coefficient (Wildman–Crippen LogP) is 0.655. The molecule has 80 valence electrons. The van der Waals surface area contributed by atoms with Gasteiger partial charge in [0.05, 0.1) is 6.42 Å². The summed E-state index contributed by atoms with van der Waals surface area (Å²) >= 11 is 0. The lowest BCUT2D eigenvalue weighted by atomic mass is 10.2. The number of likely N-dealkylation sites (tertiary alicyclic amines) is 1. The zero-order valence-corrected chi connectivity index (χ0v) is 8.32. The first-order chi connectivity index (χ1) is 6.61. The predicted molar refractivity (Wildman–Crippen MR) is 51.1 cm³/mol. The molecule has 14 heavy (non-hydrogen) atoms. The normalized spacial score (nSPS) is 20.9. The van der Waals surface area contributed by atoms with Crippen molar-refractivity contribution >= 4 is 12.0 Å². The van der Waals surface area contributed by atoms with Crippen LogP contribution in [0.5, 0.6) is 0 Å². The molecule has 1 rings (SSSR count). The number of urea groups is 1. The summed E-state index contributed by atoms with van der Waals surface area (Å²) in [6.45, 7) is 2.99. The lowest BCUT2D eigenvalue weighted by Gasteiger charge is -2.21. The molecular weight excluding hydrogens is 184 g/mol. The van der Waals surface area contributed by atoms with Gasteiger partial charge in [0.1, 0.15) is 0 Å². The fourth-order valence-electron chi connectivity index (χ4n) is 1.61. The highest BCUT2D eigenvalue weighted by Crippen LogP contribution is 2.15. The Bertz CT molecular complexity index is 230. The van der Waals surface area contributed by atoms with Gasteiger partial charge in [0.25, 0.3) is 0 Å². The monoisotopic (exact) mass is 200 g/mol. The fourth-order valence-corrected chi connectivity index (χ4v) is 1.61. The molecule has 0 aromatic rings. The molecule has 0 saturated carbocycles. The van der Waals surface area contributed by atoms with Gasteiger partial charge in [-0.15, -0.1) is 0 Å². The minimum atomic E-state index is -0.889. The van der Waals surface area contributed by atoms with Crippen molar-refractivity contribution < 1.29 is 14.7 Å². The molecule has 2 amide bonds. The lowest BCUT2D eigenvalue weighted by Crippen LogP contribution is -2.42. The summed E-state index contributed by atoms with van der Waals surface area (Å²) in [5, 5.41) is 11.0. The summed E-state index contributed by atoms with van der Waals surface area (Å²) in [7, 11) is 0. The van der Waals surface area contributed by atoms with Crippen LogP contribution < -0.4 is 5.32 Å². The van der Waals surface area contributed by atoms with Crippen molar-refractivity contribution in [3.63, 3.8) is 0 Å². The summed E-state index contributed by atoms with van der Waals surface area (Å²) in [4.78, 5) is 23.4. The maximum Gasteiger partial charge on any atom is 0.317 e. The van der Waals surface area contributed by atoms with Gasteiger partial charge < -0.3 is 15.3 Å². The standard InChI is InChI=1S/C9H16N2O3/c1-7-3-2-6-11(7)9(14)10-5-4-8(12)13/h7H,2-6H2,1H3,(H,10,14)(H,12,13). The molecule has 0 radical (unpaired) electrons. The average molecular weight is 200 g/mol. The Hall–Kier alpha value is -1.26. The van der Waals surface area contributed by atoms with Gasteiger partial charge in [-0.2, -0.15) is 0 Å². The number of amides is 2. The number of aliphatic carboxylic acids is 1. The smallest absolute Gasteiger partial charge is 0.317 e. The third-order valence-corrected chi connectivity index (χ3v) is 2.43. The van der Waals surface area contributed by atoms with Crippen LogP contribution in [0.1, 0.15) is 26.2 Å². The van der Waals surface area contributed by atoms with E-state index in [0.29, 0.717) is 0 Å². The van der Waals surface area contributed by atoms with Crippen molar-refractivity contribution in [2.45, 2.75) is 32.2 Å². The first kappa shape index (κ1) is 10.8. The molecule has 1 unspecified atom stereocenters. The SMILES string of the molecule is CC1CCCN1C(=O)NCCC(=O)O. The zero-order valence-electron chi connectivity index (χ0n) is 8.32. The second-order valence-electron chi connectivity index (χ2n) is 3.56. The molecule has 1 fully saturated rings. The van der Waals surface area contributed by atoms with Crippen molar-refractivity contribution in [3.05, 3.63) is 0 Å². The van der Waals surface area contributed by atoms with Gasteiger partial charge in [-0.1, -0.05) is 0 Å². The Kier molecular flexibility index (Phi) is 3.73. The number of carboxylic acid groups (broad SMARTS) is 1. The second-order valence-corrected chi connectivity index (χ2v) is 3.56. The number of hydrogen-bond donors (Lipinski definition) is 2. The Labute approximate surface area is 83.1 Å². The number of carboxylic acids is 1. The van der Waals surface area contributed by atoms with Gasteiger partial charge in [0.2, 0.25) is 0 Å². The van der Waals surface area contributed by atoms with Gasteiger partial charge in [0, 0.05) is 19.1 Å². The largest absolute Gasteiger partial charge is 0.481 e. The summed E-state index contributed by atoms with van der Waals surface area (Å²) in [5.41, 5.74) is 0. The number of carbonyl (C=O) groups excluding carboxylic acids is 1. The summed E-state index contributed by atoms with van der Waals surface area (Å²) in [5.74, 6) is -0.889.